The van der Waals surface area contributed by atoms with Crippen LogP contribution in [-0.2, 0) is 12.8 Å². The summed E-state index contributed by atoms with van der Waals surface area (Å²) in [5.74, 6) is 0. The Labute approximate surface area is 119 Å². The van der Waals surface area contributed by atoms with Gasteiger partial charge in [0.1, 0.15) is 0 Å². The SMILES string of the molecule is CCCNC(Cc1ccc(CC)cn1)c1cccs1. The van der Waals surface area contributed by atoms with Gasteiger partial charge in [-0.2, -0.15) is 0 Å². The van der Waals surface area contributed by atoms with Crippen molar-refractivity contribution in [3.8, 4) is 0 Å². The maximum absolute atomic E-state index is 4.57. The summed E-state index contributed by atoms with van der Waals surface area (Å²) in [7, 11) is 0. The highest BCUT2D eigenvalue weighted by Crippen LogP contribution is 2.22. The lowest BCUT2D eigenvalue weighted by atomic mass is 10.1. The number of hydrogen-bond acceptors (Lipinski definition) is 3. The molecule has 0 radical (unpaired) electrons. The molecule has 0 aliphatic heterocycles. The zero-order valence-electron chi connectivity index (χ0n) is 11.7. The van der Waals surface area contributed by atoms with Gasteiger partial charge in [0.05, 0.1) is 0 Å². The Morgan fingerprint density at radius 1 is 1.26 bits per heavy atom. The molecule has 2 heterocycles. The molecule has 2 nitrogen and oxygen atoms in total. The quantitative estimate of drug-likeness (QED) is 0.826. The van der Waals surface area contributed by atoms with Gasteiger partial charge in [-0.1, -0.05) is 26.0 Å². The molecule has 0 aliphatic carbocycles. The second-order valence-corrected chi connectivity index (χ2v) is 5.72. The Morgan fingerprint density at radius 2 is 2.16 bits per heavy atom. The molecule has 0 aliphatic rings. The molecule has 102 valence electrons. The summed E-state index contributed by atoms with van der Waals surface area (Å²) in [5.41, 5.74) is 2.47. The monoisotopic (exact) mass is 274 g/mol. The maximum Gasteiger partial charge on any atom is 0.0470 e. The molecule has 0 spiro atoms. The van der Waals surface area contributed by atoms with E-state index in [1.54, 1.807) is 0 Å². The Bertz CT molecular complexity index is 462. The molecule has 3 heteroatoms. The van der Waals surface area contributed by atoms with Crippen LogP contribution in [0.25, 0.3) is 0 Å². The molecule has 19 heavy (non-hydrogen) atoms. The molecule has 0 saturated carbocycles. The number of thiophene rings is 1. The van der Waals surface area contributed by atoms with Crippen molar-refractivity contribution >= 4 is 11.3 Å². The van der Waals surface area contributed by atoms with E-state index in [-0.39, 0.29) is 0 Å². The minimum absolute atomic E-state index is 0.389. The predicted octanol–water partition coefficient (Wildman–Crippen LogP) is 3.99. The summed E-state index contributed by atoms with van der Waals surface area (Å²) in [5, 5.41) is 5.76. The van der Waals surface area contributed by atoms with Crippen molar-refractivity contribution in [1.29, 1.82) is 0 Å². The van der Waals surface area contributed by atoms with Gasteiger partial charge in [-0.3, -0.25) is 4.98 Å². The molecule has 0 fully saturated rings. The number of hydrogen-bond donors (Lipinski definition) is 1. The number of pyridine rings is 1. The van der Waals surface area contributed by atoms with Crippen molar-refractivity contribution in [2.24, 2.45) is 0 Å². The van der Waals surface area contributed by atoms with Crippen LogP contribution in [0.2, 0.25) is 0 Å². The van der Waals surface area contributed by atoms with Gasteiger partial charge >= 0.3 is 0 Å². The topological polar surface area (TPSA) is 24.9 Å². The van der Waals surface area contributed by atoms with Gasteiger partial charge in [0, 0.05) is 29.2 Å². The van der Waals surface area contributed by atoms with Crippen molar-refractivity contribution in [2.45, 2.75) is 39.2 Å². The fourth-order valence-electron chi connectivity index (χ4n) is 2.08. The van der Waals surface area contributed by atoms with E-state index >= 15 is 0 Å². The van der Waals surface area contributed by atoms with Gasteiger partial charge < -0.3 is 5.32 Å². The summed E-state index contributed by atoms with van der Waals surface area (Å²) in [6.07, 6.45) is 5.17. The second-order valence-electron chi connectivity index (χ2n) is 4.74. The summed E-state index contributed by atoms with van der Waals surface area (Å²) in [4.78, 5) is 5.97. The standard InChI is InChI=1S/C16H22N2S/c1-3-9-17-15(16-6-5-10-19-16)11-14-8-7-13(4-2)12-18-14/h5-8,10,12,15,17H,3-4,9,11H2,1-2H3. The highest BCUT2D eigenvalue weighted by atomic mass is 32.1. The van der Waals surface area contributed by atoms with Gasteiger partial charge in [-0.25, -0.2) is 0 Å². The van der Waals surface area contributed by atoms with Crippen LogP contribution in [0.15, 0.2) is 35.8 Å². The average molecular weight is 274 g/mol. The lowest BCUT2D eigenvalue weighted by molar-refractivity contribution is 0.531. The number of aromatic nitrogens is 1. The summed E-state index contributed by atoms with van der Waals surface area (Å²) in [6, 6.07) is 9.06. The van der Waals surface area contributed by atoms with Gasteiger partial charge in [0.2, 0.25) is 0 Å². The average Bonchev–Trinajstić information content (AvgIpc) is 2.98. The molecule has 0 amide bonds. The molecule has 0 saturated heterocycles. The smallest absolute Gasteiger partial charge is 0.0470 e. The Kier molecular flexibility index (Phi) is 5.55. The van der Waals surface area contributed by atoms with Gasteiger partial charge in [0.15, 0.2) is 0 Å². The van der Waals surface area contributed by atoms with E-state index in [0.29, 0.717) is 6.04 Å². The van der Waals surface area contributed by atoms with Crippen molar-refractivity contribution in [3.05, 3.63) is 52.0 Å². The Morgan fingerprint density at radius 3 is 2.74 bits per heavy atom. The van der Waals surface area contributed by atoms with Crippen molar-refractivity contribution in [3.63, 3.8) is 0 Å². The first-order chi connectivity index (χ1) is 9.33. The first-order valence-electron chi connectivity index (χ1n) is 7.04. The van der Waals surface area contributed by atoms with Crippen LogP contribution in [0.3, 0.4) is 0 Å². The predicted molar refractivity (Wildman–Crippen MR) is 82.7 cm³/mol. The third-order valence-electron chi connectivity index (χ3n) is 3.23. The molecule has 1 N–H and O–H groups in total. The molecule has 2 aromatic heterocycles. The number of nitrogens with one attached hydrogen (secondary N) is 1. The minimum atomic E-state index is 0.389. The molecule has 0 bridgehead atoms. The first kappa shape index (κ1) is 14.2. The number of rotatable bonds is 7. The van der Waals surface area contributed by atoms with Crippen LogP contribution in [0.4, 0.5) is 0 Å². The Hall–Kier alpha value is -1.19. The molecule has 0 aromatic carbocycles. The van der Waals surface area contributed by atoms with Crippen LogP contribution < -0.4 is 5.32 Å². The van der Waals surface area contributed by atoms with E-state index in [4.69, 9.17) is 0 Å². The maximum atomic E-state index is 4.57. The summed E-state index contributed by atoms with van der Waals surface area (Å²) < 4.78 is 0. The number of nitrogens with zero attached hydrogens (tertiary/aromatic N) is 1. The van der Waals surface area contributed by atoms with Gasteiger partial charge in [0.25, 0.3) is 0 Å². The highest BCUT2D eigenvalue weighted by molar-refractivity contribution is 7.10. The van der Waals surface area contributed by atoms with Crippen LogP contribution in [0.5, 0.6) is 0 Å². The van der Waals surface area contributed by atoms with Crippen LogP contribution >= 0.6 is 11.3 Å². The number of aryl methyl sites for hydroxylation is 1. The fourth-order valence-corrected chi connectivity index (χ4v) is 2.88. The lowest BCUT2D eigenvalue weighted by Crippen LogP contribution is -2.23. The summed E-state index contributed by atoms with van der Waals surface area (Å²) in [6.45, 7) is 5.41. The summed E-state index contributed by atoms with van der Waals surface area (Å²) >= 11 is 1.82. The van der Waals surface area contributed by atoms with E-state index in [2.05, 4.69) is 53.8 Å². The van der Waals surface area contributed by atoms with E-state index in [1.807, 2.05) is 17.5 Å². The van der Waals surface area contributed by atoms with Gasteiger partial charge in [-0.15, -0.1) is 11.3 Å². The van der Waals surface area contributed by atoms with Crippen LogP contribution in [0.1, 0.15) is 42.4 Å². The lowest BCUT2D eigenvalue weighted by Gasteiger charge is -2.17. The van der Waals surface area contributed by atoms with Crippen molar-refractivity contribution in [1.82, 2.24) is 10.3 Å². The third-order valence-corrected chi connectivity index (χ3v) is 4.22. The fraction of sp³-hybridized carbons (Fsp3) is 0.438. The zero-order chi connectivity index (χ0) is 13.5. The van der Waals surface area contributed by atoms with Crippen LogP contribution in [0, 0.1) is 0 Å². The van der Waals surface area contributed by atoms with E-state index < -0.39 is 0 Å². The molecular formula is C16H22N2S. The normalized spacial score (nSPS) is 12.5. The largest absolute Gasteiger partial charge is 0.309 e. The van der Waals surface area contributed by atoms with Gasteiger partial charge in [-0.05, 0) is 42.5 Å². The first-order valence-corrected chi connectivity index (χ1v) is 7.92. The molecule has 1 unspecified atom stereocenters. The van der Waals surface area contributed by atoms with E-state index in [1.165, 1.54) is 16.1 Å². The second kappa shape index (κ2) is 7.41. The Balaban J connectivity index is 2.06. The third kappa shape index (κ3) is 4.15. The zero-order valence-corrected chi connectivity index (χ0v) is 12.5. The minimum Gasteiger partial charge on any atom is -0.309 e. The molecule has 1 atom stereocenters. The van der Waals surface area contributed by atoms with Crippen molar-refractivity contribution in [2.75, 3.05) is 6.54 Å². The molecule has 2 aromatic rings. The molecular weight excluding hydrogens is 252 g/mol. The highest BCUT2D eigenvalue weighted by Gasteiger charge is 2.13. The molecule has 2 rings (SSSR count). The van der Waals surface area contributed by atoms with E-state index in [9.17, 15) is 0 Å². The van der Waals surface area contributed by atoms with Crippen molar-refractivity contribution < 1.29 is 0 Å². The van der Waals surface area contributed by atoms with E-state index in [0.717, 1.165) is 25.8 Å². The van der Waals surface area contributed by atoms with Crippen LogP contribution in [-0.4, -0.2) is 11.5 Å².